The molecule has 2 aromatic rings. The summed E-state index contributed by atoms with van der Waals surface area (Å²) in [5.41, 5.74) is 2.10. The number of guanidine groups is 1. The number of aromatic nitrogens is 1. The minimum absolute atomic E-state index is 0.152. The molecule has 1 aromatic heterocycles. The van der Waals surface area contributed by atoms with E-state index in [2.05, 4.69) is 21.4 Å². The molecule has 134 valence electrons. The van der Waals surface area contributed by atoms with Gasteiger partial charge in [-0.15, -0.1) is 0 Å². The smallest absolute Gasteiger partial charge is 0.193 e. The van der Waals surface area contributed by atoms with Gasteiger partial charge in [-0.05, 0) is 31.5 Å². The molecule has 0 saturated carbocycles. The van der Waals surface area contributed by atoms with E-state index in [0.29, 0.717) is 19.6 Å². The predicted molar refractivity (Wildman–Crippen MR) is 101 cm³/mol. The lowest BCUT2D eigenvalue weighted by atomic mass is 10.1. The average molecular weight is 360 g/mol. The summed E-state index contributed by atoms with van der Waals surface area (Å²) in [6.45, 7) is 5.06. The number of rotatable bonds is 2. The molecule has 0 bridgehead atoms. The van der Waals surface area contributed by atoms with Gasteiger partial charge < -0.3 is 10.2 Å². The van der Waals surface area contributed by atoms with Gasteiger partial charge in [-0.3, -0.25) is 9.98 Å². The normalized spacial score (nSPS) is 19.8. The van der Waals surface area contributed by atoms with E-state index in [1.165, 1.54) is 0 Å². The van der Waals surface area contributed by atoms with E-state index in [4.69, 9.17) is 0 Å². The predicted octanol–water partition coefficient (Wildman–Crippen LogP) is 1.82. The number of fused-ring (bicyclic) bond motifs is 1. The van der Waals surface area contributed by atoms with Crippen LogP contribution in [0.4, 0.5) is 0 Å². The number of para-hydroxylation sites is 1. The van der Waals surface area contributed by atoms with Crippen LogP contribution in [0.1, 0.15) is 19.4 Å². The quantitative estimate of drug-likeness (QED) is 0.653. The topological polar surface area (TPSA) is 74.7 Å². The SMILES string of the molecule is CN=C(NCc1ccnc2ccccc12)N1CCS(=O)(=O)C(C)(C)C1. The molecular weight excluding hydrogens is 336 g/mol. The largest absolute Gasteiger partial charge is 0.352 e. The molecule has 0 radical (unpaired) electrons. The van der Waals surface area contributed by atoms with Crippen molar-refractivity contribution in [2.75, 3.05) is 25.9 Å². The molecule has 6 nitrogen and oxygen atoms in total. The lowest BCUT2D eigenvalue weighted by molar-refractivity contribution is 0.353. The van der Waals surface area contributed by atoms with E-state index in [1.54, 1.807) is 27.1 Å². The molecule has 1 aliphatic heterocycles. The van der Waals surface area contributed by atoms with Crippen LogP contribution in [0.3, 0.4) is 0 Å². The summed E-state index contributed by atoms with van der Waals surface area (Å²) in [5, 5.41) is 4.47. The van der Waals surface area contributed by atoms with Gasteiger partial charge in [0.05, 0.1) is 16.0 Å². The first-order valence-corrected chi connectivity index (χ1v) is 10.00. The van der Waals surface area contributed by atoms with E-state index in [-0.39, 0.29) is 5.75 Å². The van der Waals surface area contributed by atoms with Crippen molar-refractivity contribution in [3.05, 3.63) is 42.1 Å². The number of pyridine rings is 1. The highest BCUT2D eigenvalue weighted by atomic mass is 32.2. The van der Waals surface area contributed by atoms with Crippen LogP contribution in [0.2, 0.25) is 0 Å². The Bertz CT molecular complexity index is 901. The van der Waals surface area contributed by atoms with Crippen LogP contribution in [-0.4, -0.2) is 54.9 Å². The molecule has 1 fully saturated rings. The Morgan fingerprint density at radius 2 is 2.08 bits per heavy atom. The Morgan fingerprint density at radius 1 is 1.32 bits per heavy atom. The number of sulfone groups is 1. The van der Waals surface area contributed by atoms with Crippen LogP contribution < -0.4 is 5.32 Å². The first kappa shape index (κ1) is 17.7. The maximum absolute atomic E-state index is 12.2. The van der Waals surface area contributed by atoms with Crippen molar-refractivity contribution in [2.45, 2.75) is 25.1 Å². The molecule has 0 amide bonds. The van der Waals surface area contributed by atoms with Crippen molar-refractivity contribution in [1.29, 1.82) is 0 Å². The van der Waals surface area contributed by atoms with Crippen LogP contribution in [-0.2, 0) is 16.4 Å². The summed E-state index contributed by atoms with van der Waals surface area (Å²) in [5.74, 6) is 0.877. The van der Waals surface area contributed by atoms with Crippen molar-refractivity contribution in [3.8, 4) is 0 Å². The zero-order valence-corrected chi connectivity index (χ0v) is 15.7. The summed E-state index contributed by atoms with van der Waals surface area (Å²) < 4.78 is 23.6. The summed E-state index contributed by atoms with van der Waals surface area (Å²) in [6, 6.07) is 10.0. The number of benzene rings is 1. The highest BCUT2D eigenvalue weighted by Crippen LogP contribution is 2.24. The minimum atomic E-state index is -3.06. The third-order valence-corrected chi connectivity index (χ3v) is 7.26. The standard InChI is InChI=1S/C18H24N4O2S/c1-18(2)13-22(10-11-25(18,23)24)17(19-3)21-12-14-8-9-20-16-7-5-4-6-15(14)16/h4-9H,10-13H2,1-3H3,(H,19,21). The fourth-order valence-corrected chi connectivity index (χ4v) is 4.51. The van der Waals surface area contributed by atoms with Crippen molar-refractivity contribution in [1.82, 2.24) is 15.2 Å². The Morgan fingerprint density at radius 3 is 2.80 bits per heavy atom. The van der Waals surface area contributed by atoms with Crippen LogP contribution in [0.5, 0.6) is 0 Å². The molecule has 0 unspecified atom stereocenters. The monoisotopic (exact) mass is 360 g/mol. The third-order valence-electron chi connectivity index (χ3n) is 4.73. The number of nitrogens with one attached hydrogen (secondary N) is 1. The second-order valence-electron chi connectivity index (χ2n) is 6.89. The second kappa shape index (κ2) is 6.63. The maximum atomic E-state index is 12.2. The first-order valence-electron chi connectivity index (χ1n) is 8.34. The molecule has 0 spiro atoms. The summed E-state index contributed by atoms with van der Waals surface area (Å²) in [4.78, 5) is 10.7. The molecule has 0 aliphatic carbocycles. The average Bonchev–Trinajstić information content (AvgIpc) is 2.58. The zero-order valence-electron chi connectivity index (χ0n) is 14.9. The van der Waals surface area contributed by atoms with Gasteiger partial charge in [-0.2, -0.15) is 0 Å². The van der Waals surface area contributed by atoms with E-state index in [1.807, 2.05) is 29.2 Å². The second-order valence-corrected chi connectivity index (χ2v) is 9.63. The third kappa shape index (κ3) is 3.46. The highest BCUT2D eigenvalue weighted by Gasteiger charge is 2.40. The van der Waals surface area contributed by atoms with Gasteiger partial charge >= 0.3 is 0 Å². The summed E-state index contributed by atoms with van der Waals surface area (Å²) in [6.07, 6.45) is 1.80. The molecule has 1 aliphatic rings. The Kier molecular flexibility index (Phi) is 4.69. The van der Waals surface area contributed by atoms with Crippen molar-refractivity contribution < 1.29 is 8.42 Å². The van der Waals surface area contributed by atoms with E-state index < -0.39 is 14.6 Å². The van der Waals surface area contributed by atoms with Gasteiger partial charge in [0.25, 0.3) is 0 Å². The molecule has 3 rings (SSSR count). The maximum Gasteiger partial charge on any atom is 0.193 e. The molecular formula is C18H24N4O2S. The number of nitrogens with zero attached hydrogens (tertiary/aromatic N) is 3. The van der Waals surface area contributed by atoms with Crippen LogP contribution >= 0.6 is 0 Å². The van der Waals surface area contributed by atoms with E-state index in [9.17, 15) is 8.42 Å². The molecule has 1 aromatic carbocycles. The van der Waals surface area contributed by atoms with Crippen molar-refractivity contribution in [3.63, 3.8) is 0 Å². The fourth-order valence-electron chi connectivity index (χ4n) is 3.14. The van der Waals surface area contributed by atoms with Gasteiger partial charge in [0.1, 0.15) is 0 Å². The fraction of sp³-hybridized carbons (Fsp3) is 0.444. The molecule has 25 heavy (non-hydrogen) atoms. The molecule has 1 saturated heterocycles. The molecule has 2 heterocycles. The Balaban J connectivity index is 1.75. The lowest BCUT2D eigenvalue weighted by Gasteiger charge is -2.39. The lowest BCUT2D eigenvalue weighted by Crippen LogP contribution is -2.57. The highest BCUT2D eigenvalue weighted by molar-refractivity contribution is 7.92. The number of hydrogen-bond acceptors (Lipinski definition) is 4. The Labute approximate surface area is 148 Å². The van der Waals surface area contributed by atoms with Gasteiger partial charge in [-0.1, -0.05) is 18.2 Å². The van der Waals surface area contributed by atoms with Crippen molar-refractivity contribution in [2.24, 2.45) is 4.99 Å². The van der Waals surface area contributed by atoms with E-state index >= 15 is 0 Å². The number of aliphatic imine (C=N–C) groups is 1. The van der Waals surface area contributed by atoms with Crippen molar-refractivity contribution >= 4 is 26.7 Å². The Hall–Kier alpha value is -2.15. The van der Waals surface area contributed by atoms with Crippen LogP contribution in [0.25, 0.3) is 10.9 Å². The van der Waals surface area contributed by atoms with Crippen LogP contribution in [0.15, 0.2) is 41.5 Å². The van der Waals surface area contributed by atoms with Gasteiger partial charge in [-0.25, -0.2) is 8.42 Å². The molecule has 1 N–H and O–H groups in total. The zero-order chi connectivity index (χ0) is 18.1. The summed E-state index contributed by atoms with van der Waals surface area (Å²) in [7, 11) is -1.34. The van der Waals surface area contributed by atoms with Crippen LogP contribution in [0, 0.1) is 0 Å². The number of hydrogen-bond donors (Lipinski definition) is 1. The van der Waals surface area contributed by atoms with Gasteiger partial charge in [0, 0.05) is 38.3 Å². The first-order chi connectivity index (χ1) is 11.8. The molecule has 0 atom stereocenters. The minimum Gasteiger partial charge on any atom is -0.352 e. The van der Waals surface area contributed by atoms with E-state index in [0.717, 1.165) is 22.4 Å². The van der Waals surface area contributed by atoms with Gasteiger partial charge in [0.15, 0.2) is 15.8 Å². The summed E-state index contributed by atoms with van der Waals surface area (Å²) >= 11 is 0. The molecule has 7 heteroatoms. The van der Waals surface area contributed by atoms with Gasteiger partial charge in [0.2, 0.25) is 0 Å².